The molecular formula is C13H26N3V-3. The van der Waals surface area contributed by atoms with Crippen LogP contribution in [0, 0.1) is 0 Å². The van der Waals surface area contributed by atoms with Gasteiger partial charge in [0.1, 0.15) is 0 Å². The Morgan fingerprint density at radius 3 is 1.24 bits per heavy atom. The molecule has 3 nitrogen and oxygen atoms in total. The van der Waals surface area contributed by atoms with Gasteiger partial charge >= 0.3 is 47.3 Å². The van der Waals surface area contributed by atoms with Crippen LogP contribution in [-0.4, -0.2) is 33.7 Å². The molecule has 0 aliphatic carbocycles. The minimum atomic E-state index is 0.139. The van der Waals surface area contributed by atoms with Gasteiger partial charge in [0.05, 0.1) is 0 Å². The molecule has 0 saturated heterocycles. The summed E-state index contributed by atoms with van der Waals surface area (Å²) in [6.07, 6.45) is 0. The fourth-order valence-electron chi connectivity index (χ4n) is 0.321. The van der Waals surface area contributed by atoms with Gasteiger partial charge in [-0.25, -0.2) is 12.1 Å². The van der Waals surface area contributed by atoms with Gasteiger partial charge in [0, 0.05) is 0 Å². The Kier molecular flexibility index (Phi) is 23.2. The molecule has 1 aromatic carbocycles. The molecule has 0 bridgehead atoms. The molecule has 0 aliphatic heterocycles. The van der Waals surface area contributed by atoms with Crippen LogP contribution in [0.2, 0.25) is 0 Å². The summed E-state index contributed by atoms with van der Waals surface area (Å²) in [4.78, 5) is 0. The van der Waals surface area contributed by atoms with Crippen LogP contribution in [-0.2, 0) is 17.2 Å². The summed E-state index contributed by atoms with van der Waals surface area (Å²) in [6, 6.07) is 10.0. The predicted molar refractivity (Wildman–Crippen MR) is 74.6 cm³/mol. The molecule has 0 heterocycles. The summed E-state index contributed by atoms with van der Waals surface area (Å²) in [6.45, 7) is 6.18. The summed E-state index contributed by atoms with van der Waals surface area (Å²) >= 11 is 2.22. The van der Waals surface area contributed by atoms with E-state index >= 15 is 0 Å². The SMILES string of the molecule is CC(C)(C)[N]=[V].C[N-]C.C[N-]C.c1cc[cH-]c1. The predicted octanol–water partition coefficient (Wildman–Crippen LogP) is 4.16. The Morgan fingerprint density at radius 2 is 1.18 bits per heavy atom. The van der Waals surface area contributed by atoms with Crippen molar-refractivity contribution < 1.29 is 17.2 Å². The molecule has 0 atom stereocenters. The minimum absolute atomic E-state index is 0.139. The maximum absolute atomic E-state index is 3.96. The zero-order valence-corrected chi connectivity index (χ0v) is 13.6. The van der Waals surface area contributed by atoms with Crippen LogP contribution in [0.5, 0.6) is 0 Å². The van der Waals surface area contributed by atoms with E-state index in [1.54, 1.807) is 28.2 Å². The van der Waals surface area contributed by atoms with Crippen molar-refractivity contribution in [1.29, 1.82) is 0 Å². The molecule has 0 N–H and O–H groups in total. The molecule has 0 aliphatic rings. The van der Waals surface area contributed by atoms with Crippen molar-refractivity contribution in [2.24, 2.45) is 3.79 Å². The fourth-order valence-corrected chi connectivity index (χ4v) is 0.321. The molecule has 0 fully saturated rings. The second-order valence-corrected chi connectivity index (χ2v) is 4.44. The molecule has 0 amide bonds. The van der Waals surface area contributed by atoms with Crippen LogP contribution < -0.4 is 0 Å². The van der Waals surface area contributed by atoms with Crippen LogP contribution >= 0.6 is 0 Å². The van der Waals surface area contributed by atoms with Gasteiger partial charge < -0.3 is 10.6 Å². The average Bonchev–Trinajstić information content (AvgIpc) is 2.77. The van der Waals surface area contributed by atoms with E-state index in [0.29, 0.717) is 0 Å². The smallest absolute Gasteiger partial charge is 0.162 e. The van der Waals surface area contributed by atoms with Crippen LogP contribution in [0.4, 0.5) is 0 Å². The van der Waals surface area contributed by atoms with Gasteiger partial charge in [-0.2, -0.15) is 46.4 Å². The Morgan fingerprint density at radius 1 is 0.941 bits per heavy atom. The molecule has 4 heteroatoms. The number of rotatable bonds is 0. The van der Waals surface area contributed by atoms with Crippen molar-refractivity contribution in [3.8, 4) is 0 Å². The van der Waals surface area contributed by atoms with Crippen molar-refractivity contribution in [2.75, 3.05) is 28.2 Å². The molecule has 0 saturated carbocycles. The van der Waals surface area contributed by atoms with E-state index in [4.69, 9.17) is 0 Å². The molecular weight excluding hydrogens is 249 g/mol. The Balaban J connectivity index is -0.000000162. The van der Waals surface area contributed by atoms with Crippen LogP contribution in [0.15, 0.2) is 34.1 Å². The van der Waals surface area contributed by atoms with E-state index in [-0.39, 0.29) is 5.54 Å². The zero-order chi connectivity index (χ0) is 14.2. The fraction of sp³-hybridized carbons (Fsp3) is 0.615. The quantitative estimate of drug-likeness (QED) is 0.638. The van der Waals surface area contributed by atoms with E-state index in [1.165, 1.54) is 0 Å². The van der Waals surface area contributed by atoms with E-state index < -0.39 is 0 Å². The van der Waals surface area contributed by atoms with Gasteiger partial charge in [-0.1, -0.05) is 0 Å². The van der Waals surface area contributed by atoms with Crippen LogP contribution in [0.1, 0.15) is 20.8 Å². The third-order valence-electron chi connectivity index (χ3n) is 0.856. The summed E-state index contributed by atoms with van der Waals surface area (Å²) in [5, 5.41) is 7.00. The molecule has 1 rings (SSSR count). The van der Waals surface area contributed by atoms with Crippen LogP contribution in [0.25, 0.3) is 10.6 Å². The molecule has 0 aromatic heterocycles. The molecule has 17 heavy (non-hydrogen) atoms. The third kappa shape index (κ3) is 49.8. The molecule has 0 radical (unpaired) electrons. The summed E-state index contributed by atoms with van der Waals surface area (Å²) in [5.41, 5.74) is 0.139. The van der Waals surface area contributed by atoms with Gasteiger partial charge in [-0.05, 0) is 0 Å². The first-order valence-corrected chi connectivity index (χ1v) is 6.00. The van der Waals surface area contributed by atoms with Crippen molar-refractivity contribution in [3.63, 3.8) is 0 Å². The van der Waals surface area contributed by atoms with E-state index in [0.717, 1.165) is 0 Å². The van der Waals surface area contributed by atoms with Crippen LogP contribution in [0.3, 0.4) is 0 Å². The Hall–Kier alpha value is -0.346. The third-order valence-corrected chi connectivity index (χ3v) is 1.79. The van der Waals surface area contributed by atoms with Gasteiger partial charge in [-0.15, -0.1) is 0 Å². The standard InChI is InChI=1S/C5H5.C4H9N.2C2H6N.V/c1-2-4-5-3-1;1-4(2,3)5;2*1-3-2;/h1-5H;1-3H3;2*1-2H3;/q-1;;2*-1;. The second-order valence-electron chi connectivity index (χ2n) is 4.13. The van der Waals surface area contributed by atoms with Gasteiger partial charge in [-0.3, -0.25) is 0 Å². The summed E-state index contributed by atoms with van der Waals surface area (Å²) < 4.78 is 3.96. The average molecular weight is 275 g/mol. The van der Waals surface area contributed by atoms with Gasteiger partial charge in [0.15, 0.2) is 0 Å². The molecule has 101 valence electrons. The first-order chi connectivity index (χ1) is 7.89. The topological polar surface area (TPSA) is 40.6 Å². The Labute approximate surface area is 117 Å². The molecule has 1 aromatic rings. The van der Waals surface area contributed by atoms with E-state index in [1.807, 2.05) is 30.3 Å². The van der Waals surface area contributed by atoms with E-state index in [9.17, 15) is 0 Å². The monoisotopic (exact) mass is 275 g/mol. The molecule has 0 unspecified atom stereocenters. The second kappa shape index (κ2) is 18.0. The Bertz CT molecular complexity index is 184. The summed E-state index contributed by atoms with van der Waals surface area (Å²) in [5.74, 6) is 0. The zero-order valence-electron chi connectivity index (χ0n) is 12.2. The van der Waals surface area contributed by atoms with Crippen molar-refractivity contribution in [3.05, 3.63) is 41.0 Å². The number of nitrogens with zero attached hydrogens (tertiary/aromatic N) is 3. The van der Waals surface area contributed by atoms with E-state index in [2.05, 4.69) is 52.4 Å². The first-order valence-electron chi connectivity index (χ1n) is 5.38. The molecule has 0 spiro atoms. The summed E-state index contributed by atoms with van der Waals surface area (Å²) in [7, 11) is 7.00. The van der Waals surface area contributed by atoms with Gasteiger partial charge in [0.2, 0.25) is 0 Å². The number of hydrogen-bond donors (Lipinski definition) is 0. The largest absolute Gasteiger partial charge is 0.668 e. The normalized spacial score (nSPS) is 8.35. The van der Waals surface area contributed by atoms with Gasteiger partial charge in [0.25, 0.3) is 0 Å². The van der Waals surface area contributed by atoms with Crippen molar-refractivity contribution >= 4 is 0 Å². The minimum Gasteiger partial charge on any atom is -0.668 e. The maximum atomic E-state index is 3.96. The first kappa shape index (κ1) is 21.9. The van der Waals surface area contributed by atoms with Crippen molar-refractivity contribution in [1.82, 2.24) is 0 Å². The van der Waals surface area contributed by atoms with Crippen molar-refractivity contribution in [2.45, 2.75) is 26.3 Å². The number of hydrogen-bond acceptors (Lipinski definition) is 1. The maximum Gasteiger partial charge on any atom is -0.162 e.